The number of carbonyl (C=O) groups is 1. The van der Waals surface area contributed by atoms with E-state index in [4.69, 9.17) is 0 Å². The Labute approximate surface area is 147 Å². The van der Waals surface area contributed by atoms with E-state index < -0.39 is 5.69 Å². The fourth-order valence-corrected chi connectivity index (χ4v) is 3.61. The van der Waals surface area contributed by atoms with Crippen LogP contribution in [0.3, 0.4) is 0 Å². The molecule has 25 heavy (non-hydrogen) atoms. The third kappa shape index (κ3) is 4.21. The average molecular weight is 348 g/mol. The molecule has 0 spiro atoms. The summed E-state index contributed by atoms with van der Waals surface area (Å²) in [6, 6.07) is 0.165. The second-order valence-corrected chi connectivity index (χ2v) is 7.80. The number of rotatable bonds is 5. The van der Waals surface area contributed by atoms with Crippen molar-refractivity contribution in [2.24, 2.45) is 11.8 Å². The summed E-state index contributed by atoms with van der Waals surface area (Å²) >= 11 is 0. The Kier molecular flexibility index (Phi) is 5.13. The van der Waals surface area contributed by atoms with Gasteiger partial charge in [-0.25, -0.2) is 4.79 Å². The molecule has 3 rings (SSSR count). The number of nitrogens with zero attached hydrogens (tertiary/aromatic N) is 2. The van der Waals surface area contributed by atoms with Gasteiger partial charge in [0.25, 0.3) is 5.56 Å². The zero-order valence-electron chi connectivity index (χ0n) is 15.3. The quantitative estimate of drug-likeness (QED) is 0.825. The highest BCUT2D eigenvalue weighted by Gasteiger charge is 2.35. The van der Waals surface area contributed by atoms with Crippen LogP contribution in [0.25, 0.3) is 0 Å². The molecule has 1 aromatic rings. The minimum Gasteiger partial charge on any atom is -0.338 e. The van der Waals surface area contributed by atoms with Crippen LogP contribution < -0.4 is 11.2 Å². The molecule has 7 heteroatoms. The second kappa shape index (κ2) is 7.15. The highest BCUT2D eigenvalue weighted by Crippen LogP contribution is 2.32. The fourth-order valence-electron chi connectivity index (χ4n) is 3.61. The van der Waals surface area contributed by atoms with Crippen LogP contribution in [0.2, 0.25) is 0 Å². The van der Waals surface area contributed by atoms with Gasteiger partial charge in [0.2, 0.25) is 5.91 Å². The Morgan fingerprint density at radius 3 is 2.48 bits per heavy atom. The molecule has 1 saturated heterocycles. The largest absolute Gasteiger partial charge is 0.338 e. The minimum absolute atomic E-state index is 0.165. The second-order valence-electron chi connectivity index (χ2n) is 7.80. The van der Waals surface area contributed by atoms with Crippen molar-refractivity contribution in [3.63, 3.8) is 0 Å². The molecular formula is C18H28N4O3. The maximum absolute atomic E-state index is 12.7. The maximum atomic E-state index is 12.7. The average Bonchev–Trinajstić information content (AvgIpc) is 3.34. The van der Waals surface area contributed by atoms with Crippen LogP contribution in [0, 0.1) is 18.8 Å². The molecule has 2 N–H and O–H groups in total. The lowest BCUT2D eigenvalue weighted by atomic mass is 10.0. The van der Waals surface area contributed by atoms with Crippen molar-refractivity contribution in [3.8, 4) is 0 Å². The van der Waals surface area contributed by atoms with Crippen LogP contribution in [0.1, 0.15) is 44.4 Å². The summed E-state index contributed by atoms with van der Waals surface area (Å²) in [5.74, 6) is 1.25. The summed E-state index contributed by atoms with van der Waals surface area (Å²) in [6.45, 7) is 8.77. The summed E-state index contributed by atoms with van der Waals surface area (Å²) in [4.78, 5) is 45.4. The summed E-state index contributed by atoms with van der Waals surface area (Å²) < 4.78 is 0. The number of aromatic amines is 2. The van der Waals surface area contributed by atoms with Crippen molar-refractivity contribution in [1.82, 2.24) is 19.8 Å². The number of H-pyrrole nitrogens is 2. The van der Waals surface area contributed by atoms with Crippen molar-refractivity contribution in [1.29, 1.82) is 0 Å². The summed E-state index contributed by atoms with van der Waals surface area (Å²) in [7, 11) is 0. The first-order valence-electron chi connectivity index (χ1n) is 9.19. The molecule has 1 aliphatic carbocycles. The summed E-state index contributed by atoms with van der Waals surface area (Å²) in [5.41, 5.74) is 0.353. The number of amides is 1. The predicted octanol–water partition coefficient (Wildman–Crippen LogP) is 0.841. The topological polar surface area (TPSA) is 89.3 Å². The molecule has 1 aliphatic heterocycles. The SMILES string of the molecule is Cc1[nH]c(=O)[nH]c(=O)c1CN1CCC(=O)N(CC2CC2)[C@H](C(C)C)C1. The number of hydrogen-bond acceptors (Lipinski definition) is 4. The molecule has 2 aliphatic rings. The van der Waals surface area contributed by atoms with E-state index in [0.29, 0.717) is 42.6 Å². The van der Waals surface area contributed by atoms with Gasteiger partial charge in [0.05, 0.1) is 5.56 Å². The van der Waals surface area contributed by atoms with Crippen LogP contribution >= 0.6 is 0 Å². The standard InChI is InChI=1S/C18H28N4O3/c1-11(2)15-10-21(7-6-16(23)22(15)8-13-4-5-13)9-14-12(3)19-18(25)20-17(14)24/h11,13,15H,4-10H2,1-3H3,(H2,19,20,24,25)/t15-/m0/s1. The predicted molar refractivity (Wildman–Crippen MR) is 95.4 cm³/mol. The van der Waals surface area contributed by atoms with Crippen LogP contribution in [0.5, 0.6) is 0 Å². The first-order valence-corrected chi connectivity index (χ1v) is 9.19. The molecule has 1 saturated carbocycles. The molecule has 0 radical (unpaired) electrons. The van der Waals surface area contributed by atoms with Gasteiger partial charge in [-0.2, -0.15) is 0 Å². The van der Waals surface area contributed by atoms with Crippen molar-refractivity contribution < 1.29 is 4.79 Å². The lowest BCUT2D eigenvalue weighted by Crippen LogP contribution is -2.47. The van der Waals surface area contributed by atoms with Crippen molar-refractivity contribution >= 4 is 5.91 Å². The van der Waals surface area contributed by atoms with Crippen LogP contribution in [-0.4, -0.2) is 51.4 Å². The van der Waals surface area contributed by atoms with E-state index in [1.807, 2.05) is 0 Å². The molecular weight excluding hydrogens is 320 g/mol. The minimum atomic E-state index is -0.479. The Balaban J connectivity index is 1.80. The van der Waals surface area contributed by atoms with Crippen LogP contribution in [0.15, 0.2) is 9.59 Å². The van der Waals surface area contributed by atoms with Gasteiger partial charge in [0, 0.05) is 44.3 Å². The Hall–Kier alpha value is -1.89. The lowest BCUT2D eigenvalue weighted by molar-refractivity contribution is -0.133. The lowest BCUT2D eigenvalue weighted by Gasteiger charge is -2.35. The number of carbonyl (C=O) groups excluding carboxylic acids is 1. The van der Waals surface area contributed by atoms with Crippen molar-refractivity contribution in [2.45, 2.75) is 52.6 Å². The van der Waals surface area contributed by atoms with Gasteiger partial charge in [-0.1, -0.05) is 13.8 Å². The van der Waals surface area contributed by atoms with E-state index in [0.717, 1.165) is 13.1 Å². The number of aryl methyl sites for hydroxylation is 1. The molecule has 138 valence electrons. The van der Waals surface area contributed by atoms with Crippen molar-refractivity contribution in [3.05, 3.63) is 32.1 Å². The van der Waals surface area contributed by atoms with Gasteiger partial charge in [0.15, 0.2) is 0 Å². The highest BCUT2D eigenvalue weighted by molar-refractivity contribution is 5.77. The Bertz CT molecular complexity index is 747. The normalized spacial score (nSPS) is 22.5. The molecule has 7 nitrogen and oxygen atoms in total. The molecule has 2 fully saturated rings. The van der Waals surface area contributed by atoms with E-state index >= 15 is 0 Å². The highest BCUT2D eigenvalue weighted by atomic mass is 16.2. The molecule has 2 heterocycles. The number of aromatic nitrogens is 2. The Morgan fingerprint density at radius 1 is 1.16 bits per heavy atom. The van der Waals surface area contributed by atoms with E-state index in [1.54, 1.807) is 6.92 Å². The van der Waals surface area contributed by atoms with E-state index in [1.165, 1.54) is 12.8 Å². The Morgan fingerprint density at radius 2 is 1.88 bits per heavy atom. The molecule has 1 amide bonds. The third-order valence-electron chi connectivity index (χ3n) is 5.37. The summed E-state index contributed by atoms with van der Waals surface area (Å²) in [6.07, 6.45) is 2.94. The zero-order valence-corrected chi connectivity index (χ0v) is 15.3. The molecule has 1 atom stereocenters. The zero-order chi connectivity index (χ0) is 18.1. The van der Waals surface area contributed by atoms with E-state index in [-0.39, 0.29) is 17.5 Å². The molecule has 0 aromatic carbocycles. The molecule has 0 bridgehead atoms. The monoisotopic (exact) mass is 348 g/mol. The van der Waals surface area contributed by atoms with Crippen LogP contribution in [0.4, 0.5) is 0 Å². The molecule has 1 aromatic heterocycles. The summed E-state index contributed by atoms with van der Waals surface area (Å²) in [5, 5.41) is 0. The smallest absolute Gasteiger partial charge is 0.325 e. The maximum Gasteiger partial charge on any atom is 0.325 e. The van der Waals surface area contributed by atoms with Gasteiger partial charge in [-0.15, -0.1) is 0 Å². The molecule has 0 unspecified atom stereocenters. The van der Waals surface area contributed by atoms with Crippen LogP contribution in [-0.2, 0) is 11.3 Å². The van der Waals surface area contributed by atoms with E-state index in [9.17, 15) is 14.4 Å². The first kappa shape index (κ1) is 17.9. The van der Waals surface area contributed by atoms with Crippen molar-refractivity contribution in [2.75, 3.05) is 19.6 Å². The van der Waals surface area contributed by atoms with Gasteiger partial charge in [-0.3, -0.25) is 19.5 Å². The van der Waals surface area contributed by atoms with E-state index in [2.05, 4.69) is 33.6 Å². The number of nitrogens with one attached hydrogen (secondary N) is 2. The van der Waals surface area contributed by atoms with Gasteiger partial charge in [0.1, 0.15) is 0 Å². The van der Waals surface area contributed by atoms with Gasteiger partial charge in [-0.05, 0) is 31.6 Å². The fraction of sp³-hybridized carbons (Fsp3) is 0.722. The third-order valence-corrected chi connectivity index (χ3v) is 5.37. The van der Waals surface area contributed by atoms with Gasteiger partial charge < -0.3 is 9.88 Å². The van der Waals surface area contributed by atoms with Gasteiger partial charge >= 0.3 is 5.69 Å². The first-order chi connectivity index (χ1) is 11.8. The number of hydrogen-bond donors (Lipinski definition) is 2.